The van der Waals surface area contributed by atoms with Gasteiger partial charge in [-0.05, 0) is 25.0 Å². The van der Waals surface area contributed by atoms with Crippen molar-refractivity contribution in [2.24, 2.45) is 11.1 Å². The molecule has 1 aliphatic rings. The number of nitrogens with one attached hydrogen (secondary N) is 1. The molecule has 1 aromatic carbocycles. The number of rotatable bonds is 5. The van der Waals surface area contributed by atoms with Crippen LogP contribution in [-0.2, 0) is 16.1 Å². The lowest BCUT2D eigenvalue weighted by molar-refractivity contribution is -0.136. The highest BCUT2D eigenvalue weighted by Crippen LogP contribution is 2.30. The fourth-order valence-corrected chi connectivity index (χ4v) is 2.68. The summed E-state index contributed by atoms with van der Waals surface area (Å²) in [6, 6.07) is 5.36. The maximum absolute atomic E-state index is 12.5. The smallest absolute Gasteiger partial charge is 0.227 e. The molecule has 0 radical (unpaired) electrons. The van der Waals surface area contributed by atoms with E-state index >= 15 is 0 Å². The van der Waals surface area contributed by atoms with Crippen LogP contribution in [0.2, 0.25) is 5.02 Å². The SMILES string of the molecule is COc1cc(Cl)ccc1CNC(=O)C1(CN)CCOCC1.Cl. The first-order chi connectivity index (χ1) is 10.1. The van der Waals surface area contributed by atoms with Crippen molar-refractivity contribution in [1.29, 1.82) is 0 Å². The number of methoxy groups -OCH3 is 1. The Labute approximate surface area is 141 Å². The highest BCUT2D eigenvalue weighted by molar-refractivity contribution is 6.30. The average molecular weight is 349 g/mol. The number of carbonyl (C=O) groups excluding carboxylic acids is 1. The first kappa shape index (κ1) is 19.0. The Morgan fingerprint density at radius 2 is 2.14 bits per heavy atom. The van der Waals surface area contributed by atoms with E-state index in [1.165, 1.54) is 0 Å². The number of ether oxygens (including phenoxy) is 2. The van der Waals surface area contributed by atoms with Crippen molar-refractivity contribution in [3.05, 3.63) is 28.8 Å². The predicted molar refractivity (Wildman–Crippen MR) is 88.6 cm³/mol. The largest absolute Gasteiger partial charge is 0.496 e. The molecule has 1 heterocycles. The van der Waals surface area contributed by atoms with E-state index < -0.39 is 5.41 Å². The van der Waals surface area contributed by atoms with Gasteiger partial charge in [0, 0.05) is 36.9 Å². The molecule has 7 heteroatoms. The lowest BCUT2D eigenvalue weighted by Crippen LogP contribution is -2.49. The zero-order valence-corrected chi connectivity index (χ0v) is 14.1. The van der Waals surface area contributed by atoms with Crippen LogP contribution in [0.4, 0.5) is 0 Å². The van der Waals surface area contributed by atoms with Crippen molar-refractivity contribution in [2.45, 2.75) is 19.4 Å². The Bertz CT molecular complexity index is 506. The van der Waals surface area contributed by atoms with E-state index in [9.17, 15) is 4.79 Å². The van der Waals surface area contributed by atoms with Crippen molar-refractivity contribution in [3.63, 3.8) is 0 Å². The van der Waals surface area contributed by atoms with Crippen molar-refractivity contribution in [2.75, 3.05) is 26.9 Å². The summed E-state index contributed by atoms with van der Waals surface area (Å²) in [6.45, 7) is 1.88. The molecule has 22 heavy (non-hydrogen) atoms. The Kier molecular flexibility index (Phi) is 7.42. The maximum atomic E-state index is 12.5. The molecule has 1 saturated heterocycles. The molecular formula is C15H22Cl2N2O3. The predicted octanol–water partition coefficient (Wildman–Crippen LogP) is 2.14. The second-order valence-corrected chi connectivity index (χ2v) is 5.67. The molecule has 0 unspecified atom stereocenters. The van der Waals surface area contributed by atoms with Crippen LogP contribution in [0.5, 0.6) is 5.75 Å². The zero-order valence-electron chi connectivity index (χ0n) is 12.6. The minimum Gasteiger partial charge on any atom is -0.496 e. The standard InChI is InChI=1S/C15H21ClN2O3.ClH/c1-20-13-8-12(16)3-2-11(13)9-18-14(19)15(10-17)4-6-21-7-5-15;/h2-3,8H,4-7,9-10,17H2,1H3,(H,18,19);1H. The Balaban J connectivity index is 0.00000242. The third-order valence-electron chi connectivity index (χ3n) is 4.01. The molecule has 1 aliphatic heterocycles. The van der Waals surface area contributed by atoms with Gasteiger partial charge in [0.25, 0.3) is 0 Å². The highest BCUT2D eigenvalue weighted by atomic mass is 35.5. The minimum absolute atomic E-state index is 0. The molecule has 1 amide bonds. The van der Waals surface area contributed by atoms with Gasteiger partial charge in [0.05, 0.1) is 12.5 Å². The molecule has 124 valence electrons. The van der Waals surface area contributed by atoms with Crippen molar-refractivity contribution in [3.8, 4) is 5.75 Å². The summed E-state index contributed by atoms with van der Waals surface area (Å²) in [6.07, 6.45) is 1.32. The summed E-state index contributed by atoms with van der Waals surface area (Å²) < 4.78 is 10.6. The van der Waals surface area contributed by atoms with Gasteiger partial charge in [0.2, 0.25) is 5.91 Å². The summed E-state index contributed by atoms with van der Waals surface area (Å²) in [5, 5.41) is 3.56. The van der Waals surface area contributed by atoms with E-state index in [2.05, 4.69) is 5.32 Å². The second kappa shape index (κ2) is 8.58. The molecule has 0 aromatic heterocycles. The topological polar surface area (TPSA) is 73.6 Å². The number of halogens is 2. The number of amides is 1. The lowest BCUT2D eigenvalue weighted by atomic mass is 9.79. The Hall–Kier alpha value is -1.01. The number of nitrogens with two attached hydrogens (primary N) is 1. The number of carbonyl (C=O) groups is 1. The van der Waals surface area contributed by atoms with Crippen LogP contribution in [0.25, 0.3) is 0 Å². The van der Waals surface area contributed by atoms with Gasteiger partial charge in [-0.1, -0.05) is 17.7 Å². The second-order valence-electron chi connectivity index (χ2n) is 5.24. The van der Waals surface area contributed by atoms with Gasteiger partial charge in [0.1, 0.15) is 5.75 Å². The zero-order chi connectivity index (χ0) is 15.3. The number of benzene rings is 1. The first-order valence-electron chi connectivity index (χ1n) is 7.00. The van der Waals surface area contributed by atoms with Crippen LogP contribution in [0, 0.1) is 5.41 Å². The quantitative estimate of drug-likeness (QED) is 0.854. The van der Waals surface area contributed by atoms with Crippen LogP contribution < -0.4 is 15.8 Å². The van der Waals surface area contributed by atoms with E-state index in [1.807, 2.05) is 6.07 Å². The number of hydrogen-bond donors (Lipinski definition) is 2. The number of hydrogen-bond acceptors (Lipinski definition) is 4. The summed E-state index contributed by atoms with van der Waals surface area (Å²) in [7, 11) is 1.58. The van der Waals surface area contributed by atoms with Crippen molar-refractivity contribution in [1.82, 2.24) is 5.32 Å². The summed E-state index contributed by atoms with van der Waals surface area (Å²) >= 11 is 5.93. The van der Waals surface area contributed by atoms with Crippen LogP contribution in [0.3, 0.4) is 0 Å². The third-order valence-corrected chi connectivity index (χ3v) is 4.25. The molecule has 0 saturated carbocycles. The van der Waals surface area contributed by atoms with Gasteiger partial charge in [-0.3, -0.25) is 4.79 Å². The fourth-order valence-electron chi connectivity index (χ4n) is 2.51. The molecule has 1 fully saturated rings. The van der Waals surface area contributed by atoms with Crippen molar-refractivity contribution >= 4 is 29.9 Å². The monoisotopic (exact) mass is 348 g/mol. The highest BCUT2D eigenvalue weighted by Gasteiger charge is 2.38. The van der Waals surface area contributed by atoms with Crippen LogP contribution in [-0.4, -0.2) is 32.8 Å². The molecule has 2 rings (SSSR count). The van der Waals surface area contributed by atoms with E-state index in [0.717, 1.165) is 5.56 Å². The summed E-state index contributed by atoms with van der Waals surface area (Å²) in [4.78, 5) is 12.5. The molecular weight excluding hydrogens is 327 g/mol. The van der Waals surface area contributed by atoms with Gasteiger partial charge >= 0.3 is 0 Å². The molecule has 0 spiro atoms. The third kappa shape index (κ3) is 4.26. The fraction of sp³-hybridized carbons (Fsp3) is 0.533. The molecule has 0 bridgehead atoms. The molecule has 1 aromatic rings. The first-order valence-corrected chi connectivity index (χ1v) is 7.37. The lowest BCUT2D eigenvalue weighted by Gasteiger charge is -2.34. The normalized spacial score (nSPS) is 16.5. The molecule has 3 N–H and O–H groups in total. The maximum Gasteiger partial charge on any atom is 0.227 e. The average Bonchev–Trinajstić information content (AvgIpc) is 2.53. The van der Waals surface area contributed by atoms with E-state index in [4.69, 9.17) is 26.8 Å². The van der Waals surface area contributed by atoms with Crippen LogP contribution >= 0.6 is 24.0 Å². The van der Waals surface area contributed by atoms with Gasteiger partial charge in [-0.2, -0.15) is 0 Å². The Morgan fingerprint density at radius 1 is 1.45 bits per heavy atom. The van der Waals surface area contributed by atoms with Gasteiger partial charge in [-0.15, -0.1) is 12.4 Å². The van der Waals surface area contributed by atoms with Gasteiger partial charge < -0.3 is 20.5 Å². The molecule has 0 atom stereocenters. The Morgan fingerprint density at radius 3 is 2.73 bits per heavy atom. The van der Waals surface area contributed by atoms with E-state index in [-0.39, 0.29) is 18.3 Å². The van der Waals surface area contributed by atoms with Crippen LogP contribution in [0.15, 0.2) is 18.2 Å². The van der Waals surface area contributed by atoms with Gasteiger partial charge in [-0.25, -0.2) is 0 Å². The summed E-state index contributed by atoms with van der Waals surface area (Å²) in [5.41, 5.74) is 6.19. The van der Waals surface area contributed by atoms with Gasteiger partial charge in [0.15, 0.2) is 0 Å². The van der Waals surface area contributed by atoms with E-state index in [0.29, 0.717) is 49.9 Å². The summed E-state index contributed by atoms with van der Waals surface area (Å²) in [5.74, 6) is 0.641. The van der Waals surface area contributed by atoms with Crippen LogP contribution in [0.1, 0.15) is 18.4 Å². The molecule has 0 aliphatic carbocycles. The molecule has 5 nitrogen and oxygen atoms in total. The van der Waals surface area contributed by atoms with Crippen molar-refractivity contribution < 1.29 is 14.3 Å². The minimum atomic E-state index is -0.516. The van der Waals surface area contributed by atoms with E-state index in [1.54, 1.807) is 19.2 Å².